The Labute approximate surface area is 102 Å². The van der Waals surface area contributed by atoms with E-state index in [9.17, 15) is 14.7 Å². The number of carbonyl (C=O) groups excluding carboxylic acids is 1. The van der Waals surface area contributed by atoms with Crippen LogP contribution in [0.3, 0.4) is 0 Å². The summed E-state index contributed by atoms with van der Waals surface area (Å²) in [5.41, 5.74) is -1.06. The van der Waals surface area contributed by atoms with E-state index in [1.807, 2.05) is 6.92 Å². The van der Waals surface area contributed by atoms with Gasteiger partial charge in [0.1, 0.15) is 5.54 Å². The molecule has 0 atom stereocenters. The van der Waals surface area contributed by atoms with Gasteiger partial charge in [-0.3, -0.25) is 0 Å². The molecule has 0 aliphatic heterocycles. The van der Waals surface area contributed by atoms with Crippen LogP contribution in [-0.4, -0.2) is 41.1 Å². The van der Waals surface area contributed by atoms with Crippen molar-refractivity contribution < 1.29 is 14.7 Å². The van der Waals surface area contributed by atoms with Crippen LogP contribution in [0, 0.1) is 5.92 Å². The van der Waals surface area contributed by atoms with Crippen molar-refractivity contribution in [2.24, 2.45) is 5.92 Å². The Kier molecular flexibility index (Phi) is 4.37. The number of nitrogens with zero attached hydrogens (tertiary/aromatic N) is 1. The zero-order valence-corrected chi connectivity index (χ0v) is 10.8. The van der Waals surface area contributed by atoms with Crippen molar-refractivity contribution in [3.05, 3.63) is 0 Å². The van der Waals surface area contributed by atoms with Crippen LogP contribution in [0.2, 0.25) is 0 Å². The number of nitrogens with one attached hydrogen (secondary N) is 1. The van der Waals surface area contributed by atoms with Gasteiger partial charge in [-0.2, -0.15) is 0 Å². The smallest absolute Gasteiger partial charge is 0.329 e. The number of urea groups is 1. The minimum absolute atomic E-state index is 0.301. The van der Waals surface area contributed by atoms with Crippen LogP contribution in [0.15, 0.2) is 0 Å². The van der Waals surface area contributed by atoms with E-state index in [1.165, 1.54) is 4.90 Å². The van der Waals surface area contributed by atoms with Gasteiger partial charge in [-0.25, -0.2) is 9.59 Å². The van der Waals surface area contributed by atoms with Gasteiger partial charge in [-0.05, 0) is 38.5 Å². The summed E-state index contributed by atoms with van der Waals surface area (Å²) in [5, 5.41) is 12.0. The van der Waals surface area contributed by atoms with Crippen molar-refractivity contribution in [1.29, 1.82) is 0 Å². The van der Waals surface area contributed by atoms with Crippen LogP contribution in [0.4, 0.5) is 4.79 Å². The summed E-state index contributed by atoms with van der Waals surface area (Å²) < 4.78 is 0. The average Bonchev–Trinajstić information content (AvgIpc) is 2.30. The minimum Gasteiger partial charge on any atom is -0.480 e. The van der Waals surface area contributed by atoms with Gasteiger partial charge in [0.05, 0.1) is 0 Å². The molecule has 17 heavy (non-hydrogen) atoms. The van der Waals surface area contributed by atoms with Crippen LogP contribution >= 0.6 is 0 Å². The highest BCUT2D eigenvalue weighted by Crippen LogP contribution is 2.32. The van der Waals surface area contributed by atoms with Crippen molar-refractivity contribution in [3.8, 4) is 0 Å². The fraction of sp³-hybridized carbons (Fsp3) is 0.833. The number of carboxylic acid groups (broad SMARTS) is 1. The van der Waals surface area contributed by atoms with E-state index in [2.05, 4.69) is 12.2 Å². The van der Waals surface area contributed by atoms with Crippen molar-refractivity contribution in [1.82, 2.24) is 10.2 Å². The number of carboxylic acids is 1. The molecule has 1 saturated carbocycles. The van der Waals surface area contributed by atoms with Crippen LogP contribution < -0.4 is 5.32 Å². The van der Waals surface area contributed by atoms with E-state index in [1.54, 1.807) is 7.05 Å². The molecule has 0 bridgehead atoms. The fourth-order valence-corrected chi connectivity index (χ4v) is 2.09. The lowest BCUT2D eigenvalue weighted by atomic mass is 9.77. The van der Waals surface area contributed by atoms with E-state index < -0.39 is 11.5 Å². The van der Waals surface area contributed by atoms with Gasteiger partial charge in [0, 0.05) is 13.6 Å². The van der Waals surface area contributed by atoms with Gasteiger partial charge in [0.25, 0.3) is 0 Å². The van der Waals surface area contributed by atoms with Crippen LogP contribution in [0.5, 0.6) is 0 Å². The Morgan fingerprint density at radius 3 is 2.35 bits per heavy atom. The summed E-state index contributed by atoms with van der Waals surface area (Å²) in [5.74, 6) is -0.370. The van der Waals surface area contributed by atoms with Gasteiger partial charge in [-0.15, -0.1) is 0 Å². The van der Waals surface area contributed by atoms with Crippen molar-refractivity contribution in [2.45, 2.75) is 45.1 Å². The number of hydrogen-bond acceptors (Lipinski definition) is 2. The summed E-state index contributed by atoms with van der Waals surface area (Å²) in [6.45, 7) is 4.54. The molecule has 1 fully saturated rings. The molecule has 0 unspecified atom stereocenters. The maximum Gasteiger partial charge on any atom is 0.329 e. The van der Waals surface area contributed by atoms with E-state index in [0.717, 1.165) is 12.8 Å². The first-order chi connectivity index (χ1) is 7.91. The highest BCUT2D eigenvalue weighted by Gasteiger charge is 2.42. The lowest BCUT2D eigenvalue weighted by Crippen LogP contribution is -2.58. The second kappa shape index (κ2) is 5.38. The number of aliphatic carboxylic acids is 1. The molecule has 0 saturated heterocycles. The second-order valence-electron chi connectivity index (χ2n) is 5.01. The summed E-state index contributed by atoms with van der Waals surface area (Å²) in [6.07, 6.45) is 2.74. The van der Waals surface area contributed by atoms with E-state index in [-0.39, 0.29) is 6.03 Å². The predicted octanol–water partition coefficient (Wildman–Crippen LogP) is 1.68. The molecule has 5 heteroatoms. The van der Waals surface area contributed by atoms with Crippen molar-refractivity contribution >= 4 is 12.0 Å². The molecule has 98 valence electrons. The lowest BCUT2D eigenvalue weighted by molar-refractivity contribution is -0.146. The highest BCUT2D eigenvalue weighted by atomic mass is 16.4. The third-order valence-corrected chi connectivity index (χ3v) is 3.70. The first kappa shape index (κ1) is 13.8. The first-order valence-electron chi connectivity index (χ1n) is 6.18. The molecule has 0 aromatic rings. The van der Waals surface area contributed by atoms with E-state index in [4.69, 9.17) is 0 Å². The molecule has 1 rings (SSSR count). The largest absolute Gasteiger partial charge is 0.480 e. The zero-order chi connectivity index (χ0) is 13.1. The molecular formula is C12H22N2O3. The minimum atomic E-state index is -1.06. The topological polar surface area (TPSA) is 69.6 Å². The average molecular weight is 242 g/mol. The normalized spacial score (nSPS) is 28.5. The molecule has 0 spiro atoms. The quantitative estimate of drug-likeness (QED) is 0.791. The van der Waals surface area contributed by atoms with Crippen molar-refractivity contribution in [2.75, 3.05) is 13.6 Å². The van der Waals surface area contributed by atoms with Crippen LogP contribution in [0.25, 0.3) is 0 Å². The maximum absolute atomic E-state index is 11.8. The maximum atomic E-state index is 11.8. The number of rotatable bonds is 3. The Balaban J connectivity index is 2.73. The highest BCUT2D eigenvalue weighted by molar-refractivity contribution is 5.86. The second-order valence-corrected chi connectivity index (χ2v) is 5.01. The number of carbonyl (C=O) groups is 2. The van der Waals surface area contributed by atoms with Crippen molar-refractivity contribution in [3.63, 3.8) is 0 Å². The van der Waals surface area contributed by atoms with Gasteiger partial charge in [-0.1, -0.05) is 6.92 Å². The number of hydrogen-bond donors (Lipinski definition) is 2. The lowest BCUT2D eigenvalue weighted by Gasteiger charge is -2.37. The summed E-state index contributed by atoms with van der Waals surface area (Å²) >= 11 is 0. The zero-order valence-electron chi connectivity index (χ0n) is 10.8. The van der Waals surface area contributed by atoms with Gasteiger partial charge >= 0.3 is 12.0 Å². The third kappa shape index (κ3) is 3.11. The first-order valence-corrected chi connectivity index (χ1v) is 6.18. The third-order valence-electron chi connectivity index (χ3n) is 3.70. The molecule has 1 aliphatic carbocycles. The summed E-state index contributed by atoms with van der Waals surface area (Å²) in [4.78, 5) is 24.7. The van der Waals surface area contributed by atoms with E-state index >= 15 is 0 Å². The number of amides is 2. The van der Waals surface area contributed by atoms with Crippen LogP contribution in [-0.2, 0) is 4.79 Å². The van der Waals surface area contributed by atoms with Gasteiger partial charge in [0.2, 0.25) is 0 Å². The molecule has 0 aromatic carbocycles. The molecule has 0 heterocycles. The predicted molar refractivity (Wildman–Crippen MR) is 64.8 cm³/mol. The monoisotopic (exact) mass is 242 g/mol. The Hall–Kier alpha value is -1.26. The molecule has 2 N–H and O–H groups in total. The Morgan fingerprint density at radius 1 is 1.41 bits per heavy atom. The Bertz CT molecular complexity index is 296. The van der Waals surface area contributed by atoms with E-state index in [0.29, 0.717) is 25.3 Å². The molecule has 0 radical (unpaired) electrons. The van der Waals surface area contributed by atoms with Crippen LogP contribution in [0.1, 0.15) is 39.5 Å². The molecular weight excluding hydrogens is 220 g/mol. The summed E-state index contributed by atoms with van der Waals surface area (Å²) in [6, 6.07) is -0.301. The molecule has 2 amide bonds. The summed E-state index contributed by atoms with van der Waals surface area (Å²) in [7, 11) is 1.66. The SMILES string of the molecule is CCN(C)C(=O)NC1(C(=O)O)CCC(C)CC1. The Morgan fingerprint density at radius 2 is 1.94 bits per heavy atom. The molecule has 1 aliphatic rings. The fourth-order valence-electron chi connectivity index (χ4n) is 2.09. The molecule has 0 aromatic heterocycles. The van der Waals surface area contributed by atoms with Gasteiger partial charge in [0.15, 0.2) is 0 Å². The standard InChI is InChI=1S/C12H22N2O3/c1-4-14(3)11(17)13-12(10(15)16)7-5-9(2)6-8-12/h9H,4-8H2,1-3H3,(H,13,17)(H,15,16). The van der Waals surface area contributed by atoms with Gasteiger partial charge < -0.3 is 15.3 Å². The molecule has 5 nitrogen and oxygen atoms in total.